The number of ether oxygens (including phenoxy) is 3. The van der Waals surface area contributed by atoms with Crippen LogP contribution in [-0.4, -0.2) is 57.3 Å². The lowest BCUT2D eigenvalue weighted by Gasteiger charge is -2.32. The number of para-hydroxylation sites is 1. The largest absolute Gasteiger partial charge is 0.478 e. The second-order valence-electron chi connectivity index (χ2n) is 10.6. The summed E-state index contributed by atoms with van der Waals surface area (Å²) in [5, 5.41) is 9.47. The standard InChI is InChI=1S/C31H31N5O5/c1-31(27-10-8-22(32-2)18-33-27)40-26-6-4-5-23(29(26)41-31)20-11-13-35(14-12-20)19-28-34-24-9-7-21(30(37)38)17-25(24)36(28)15-16-39-3/h4-10,17-18,20H,11-16,19H2,1,3H3,(H,37,38). The normalized spacial score (nSPS) is 19.0. The number of methoxy groups -OCH3 is 1. The van der Waals surface area contributed by atoms with Gasteiger partial charge in [-0.3, -0.25) is 9.88 Å². The molecular formula is C31H31N5O5. The Morgan fingerprint density at radius 1 is 1.20 bits per heavy atom. The number of carboxylic acids is 1. The predicted octanol–water partition coefficient (Wildman–Crippen LogP) is 5.35. The van der Waals surface area contributed by atoms with E-state index in [4.69, 9.17) is 25.8 Å². The highest BCUT2D eigenvalue weighted by Crippen LogP contribution is 2.49. The van der Waals surface area contributed by atoms with Crippen molar-refractivity contribution in [3.8, 4) is 11.5 Å². The summed E-state index contributed by atoms with van der Waals surface area (Å²) < 4.78 is 20.1. The van der Waals surface area contributed by atoms with Crippen molar-refractivity contribution in [2.45, 2.75) is 44.6 Å². The lowest BCUT2D eigenvalue weighted by molar-refractivity contribution is -0.0722. The molecule has 2 aliphatic heterocycles. The fourth-order valence-corrected chi connectivity index (χ4v) is 5.76. The summed E-state index contributed by atoms with van der Waals surface area (Å²) in [4.78, 5) is 26.6. The number of pyridine rings is 1. The minimum atomic E-state index is -1.05. The number of carboxylic acid groups (broad SMARTS) is 1. The zero-order valence-electron chi connectivity index (χ0n) is 23.0. The summed E-state index contributed by atoms with van der Waals surface area (Å²) in [6.07, 6.45) is 3.44. The molecule has 0 aliphatic carbocycles. The van der Waals surface area contributed by atoms with E-state index in [0.29, 0.717) is 42.7 Å². The molecule has 1 fully saturated rings. The third-order valence-electron chi connectivity index (χ3n) is 7.94. The van der Waals surface area contributed by atoms with E-state index in [1.165, 1.54) is 6.20 Å². The van der Waals surface area contributed by atoms with E-state index in [0.717, 1.165) is 54.1 Å². The van der Waals surface area contributed by atoms with Crippen molar-refractivity contribution in [1.82, 2.24) is 19.4 Å². The van der Waals surface area contributed by atoms with E-state index in [2.05, 4.69) is 25.4 Å². The summed E-state index contributed by atoms with van der Waals surface area (Å²) in [5.41, 5.74) is 4.07. The zero-order chi connectivity index (χ0) is 28.6. The molecule has 0 spiro atoms. The van der Waals surface area contributed by atoms with Crippen LogP contribution in [-0.2, 0) is 23.6 Å². The number of rotatable bonds is 8. The van der Waals surface area contributed by atoms with E-state index in [1.54, 1.807) is 37.4 Å². The van der Waals surface area contributed by atoms with Crippen LogP contribution in [0.4, 0.5) is 5.69 Å². The maximum atomic E-state index is 11.6. The summed E-state index contributed by atoms with van der Waals surface area (Å²) in [6.45, 7) is 12.6. The lowest BCUT2D eigenvalue weighted by atomic mass is 9.88. The lowest BCUT2D eigenvalue weighted by Crippen LogP contribution is -2.34. The Balaban J connectivity index is 1.17. The minimum absolute atomic E-state index is 0.247. The molecule has 4 aromatic rings. The van der Waals surface area contributed by atoms with Crippen LogP contribution in [0.2, 0.25) is 0 Å². The van der Waals surface area contributed by atoms with Gasteiger partial charge in [-0.1, -0.05) is 18.2 Å². The number of fused-ring (bicyclic) bond motifs is 2. The van der Waals surface area contributed by atoms with E-state index < -0.39 is 11.8 Å². The number of carbonyl (C=O) groups is 1. The molecule has 2 aromatic carbocycles. The molecule has 6 rings (SSSR count). The van der Waals surface area contributed by atoms with E-state index in [9.17, 15) is 9.90 Å². The Morgan fingerprint density at radius 3 is 2.73 bits per heavy atom. The maximum Gasteiger partial charge on any atom is 0.335 e. The third kappa shape index (κ3) is 5.10. The van der Waals surface area contributed by atoms with Crippen LogP contribution in [0.3, 0.4) is 0 Å². The van der Waals surface area contributed by atoms with E-state index in [1.807, 2.05) is 19.1 Å². The summed E-state index contributed by atoms with van der Waals surface area (Å²) in [5.74, 6) is 0.682. The average Bonchev–Trinajstić information content (AvgIpc) is 3.52. The summed E-state index contributed by atoms with van der Waals surface area (Å²) >= 11 is 0. The van der Waals surface area contributed by atoms with Crippen molar-refractivity contribution in [3.05, 3.63) is 88.8 Å². The Kier molecular flexibility index (Phi) is 7.07. The second kappa shape index (κ2) is 10.8. The van der Waals surface area contributed by atoms with Gasteiger partial charge in [-0.15, -0.1) is 0 Å². The maximum absolute atomic E-state index is 11.6. The first-order valence-corrected chi connectivity index (χ1v) is 13.7. The first-order chi connectivity index (χ1) is 19.9. The molecule has 2 aromatic heterocycles. The number of imidazole rings is 1. The van der Waals surface area contributed by atoms with Crippen molar-refractivity contribution in [2.75, 3.05) is 26.8 Å². The quantitative estimate of drug-likeness (QED) is 0.291. The van der Waals surface area contributed by atoms with Crippen molar-refractivity contribution in [3.63, 3.8) is 0 Å². The van der Waals surface area contributed by atoms with Gasteiger partial charge in [0.05, 0.1) is 36.3 Å². The van der Waals surface area contributed by atoms with Crippen molar-refractivity contribution in [1.29, 1.82) is 0 Å². The molecule has 1 unspecified atom stereocenters. The van der Waals surface area contributed by atoms with Gasteiger partial charge in [-0.2, -0.15) is 0 Å². The number of aromatic nitrogens is 3. The Morgan fingerprint density at radius 2 is 2.02 bits per heavy atom. The molecule has 1 saturated heterocycles. The summed E-state index contributed by atoms with van der Waals surface area (Å²) in [6, 6.07) is 14.6. The SMILES string of the molecule is [C-]#[N+]c1ccc(C2(C)Oc3cccc(C4CCN(Cc5nc6ccc(C(=O)O)cc6n5CCOC)CC4)c3O2)nc1. The molecule has 4 heterocycles. The van der Waals surface area contributed by atoms with Crippen LogP contribution in [0.5, 0.6) is 11.5 Å². The van der Waals surface area contributed by atoms with Gasteiger partial charge in [0.2, 0.25) is 5.69 Å². The molecule has 2 aliphatic rings. The van der Waals surface area contributed by atoms with Gasteiger partial charge >= 0.3 is 5.97 Å². The number of hydrogen-bond acceptors (Lipinski definition) is 7. The molecule has 10 heteroatoms. The molecular weight excluding hydrogens is 522 g/mol. The minimum Gasteiger partial charge on any atom is -0.478 e. The molecule has 0 amide bonds. The Bertz CT molecular complexity index is 1640. The van der Waals surface area contributed by atoms with Crippen LogP contribution in [0.25, 0.3) is 15.9 Å². The number of nitrogens with zero attached hydrogens (tertiary/aromatic N) is 5. The van der Waals surface area contributed by atoms with Crippen LogP contribution in [0, 0.1) is 6.57 Å². The number of aromatic carboxylic acids is 1. The zero-order valence-corrected chi connectivity index (χ0v) is 23.0. The first-order valence-electron chi connectivity index (χ1n) is 13.7. The number of hydrogen-bond donors (Lipinski definition) is 1. The van der Waals surface area contributed by atoms with Crippen molar-refractivity contribution in [2.24, 2.45) is 0 Å². The molecule has 0 bridgehead atoms. The highest BCUT2D eigenvalue weighted by atomic mass is 16.7. The van der Waals surface area contributed by atoms with Crippen LogP contribution in [0.15, 0.2) is 54.7 Å². The van der Waals surface area contributed by atoms with Crippen LogP contribution in [0.1, 0.15) is 53.1 Å². The number of likely N-dealkylation sites (tertiary alicyclic amines) is 1. The van der Waals surface area contributed by atoms with Gasteiger partial charge in [0, 0.05) is 32.3 Å². The average molecular weight is 554 g/mol. The fraction of sp³-hybridized carbons (Fsp3) is 0.355. The van der Waals surface area contributed by atoms with Crippen LogP contribution < -0.4 is 9.47 Å². The monoisotopic (exact) mass is 553 g/mol. The molecule has 0 saturated carbocycles. The van der Waals surface area contributed by atoms with Gasteiger partial charge in [-0.25, -0.2) is 14.6 Å². The van der Waals surface area contributed by atoms with Gasteiger partial charge in [-0.05, 0) is 62.2 Å². The molecule has 210 valence electrons. The van der Waals surface area contributed by atoms with E-state index >= 15 is 0 Å². The Hall–Kier alpha value is -4.46. The van der Waals surface area contributed by atoms with Gasteiger partial charge in [0.25, 0.3) is 5.79 Å². The molecule has 10 nitrogen and oxygen atoms in total. The molecule has 1 atom stereocenters. The molecule has 0 radical (unpaired) electrons. The van der Waals surface area contributed by atoms with Crippen molar-refractivity contribution >= 4 is 22.7 Å². The highest BCUT2D eigenvalue weighted by molar-refractivity contribution is 5.92. The molecule has 41 heavy (non-hydrogen) atoms. The number of piperidine rings is 1. The first kappa shape index (κ1) is 26.7. The second-order valence-corrected chi connectivity index (χ2v) is 10.6. The molecule has 1 N–H and O–H groups in total. The van der Waals surface area contributed by atoms with Gasteiger partial charge < -0.3 is 23.9 Å². The number of benzene rings is 2. The predicted molar refractivity (Wildman–Crippen MR) is 151 cm³/mol. The van der Waals surface area contributed by atoms with Crippen molar-refractivity contribution < 1.29 is 24.1 Å². The fourth-order valence-electron chi connectivity index (χ4n) is 5.76. The highest BCUT2D eigenvalue weighted by Gasteiger charge is 2.42. The third-order valence-corrected chi connectivity index (χ3v) is 7.94. The van der Waals surface area contributed by atoms with Gasteiger partial charge in [0.1, 0.15) is 11.5 Å². The van der Waals surface area contributed by atoms with Crippen LogP contribution >= 0.6 is 0 Å². The summed E-state index contributed by atoms with van der Waals surface area (Å²) in [7, 11) is 1.66. The van der Waals surface area contributed by atoms with E-state index in [-0.39, 0.29) is 5.56 Å². The Labute approximate surface area is 237 Å². The smallest absolute Gasteiger partial charge is 0.335 e. The van der Waals surface area contributed by atoms with Gasteiger partial charge in [0.15, 0.2) is 11.5 Å². The topological polar surface area (TPSA) is 103 Å².